The van der Waals surface area contributed by atoms with Crippen molar-refractivity contribution in [3.63, 3.8) is 0 Å². The van der Waals surface area contributed by atoms with Crippen molar-refractivity contribution in [1.82, 2.24) is 9.55 Å². The van der Waals surface area contributed by atoms with Gasteiger partial charge in [-0.05, 0) is 48.5 Å². The summed E-state index contributed by atoms with van der Waals surface area (Å²) in [6.45, 7) is 0.0168. The van der Waals surface area contributed by atoms with E-state index in [0.717, 1.165) is 11.0 Å². The van der Waals surface area contributed by atoms with Gasteiger partial charge in [0.1, 0.15) is 18.1 Å². The van der Waals surface area contributed by atoms with Gasteiger partial charge in [0.25, 0.3) is 0 Å². The monoisotopic (exact) mass is 478 g/mol. The minimum atomic E-state index is -0.362. The van der Waals surface area contributed by atoms with Crippen LogP contribution in [0.25, 0.3) is 11.0 Å². The number of anilines is 2. The van der Waals surface area contributed by atoms with Gasteiger partial charge in [0.15, 0.2) is 5.16 Å². The highest BCUT2D eigenvalue weighted by Crippen LogP contribution is 2.26. The predicted octanol–water partition coefficient (Wildman–Crippen LogP) is 4.58. The van der Waals surface area contributed by atoms with Gasteiger partial charge >= 0.3 is 0 Å². The number of methoxy groups -OCH3 is 1. The Kier molecular flexibility index (Phi) is 7.12. The Morgan fingerprint density at radius 3 is 2.53 bits per heavy atom. The second-order valence-electron chi connectivity index (χ2n) is 7.44. The van der Waals surface area contributed by atoms with Crippen molar-refractivity contribution < 1.29 is 18.7 Å². The molecule has 1 N–H and O–H groups in total. The summed E-state index contributed by atoms with van der Waals surface area (Å²) in [7, 11) is 3.18. The van der Waals surface area contributed by atoms with Crippen molar-refractivity contribution in [1.29, 1.82) is 0 Å². The summed E-state index contributed by atoms with van der Waals surface area (Å²) in [5.41, 5.74) is 2.69. The standard InChI is InChI=1S/C25H23FN4O3S/c1-29(18-13-11-17(26)12-14-18)24(32)16-34-25-28-19-7-3-5-9-21(19)30(25)15-23(31)27-20-8-4-6-10-22(20)33-2/h3-14H,15-16H2,1-2H3,(H,27,31). The molecule has 0 atom stereocenters. The Hall–Kier alpha value is -3.85. The molecule has 1 aromatic heterocycles. The van der Waals surface area contributed by atoms with Crippen LogP contribution >= 0.6 is 11.8 Å². The number of nitrogens with one attached hydrogen (secondary N) is 1. The van der Waals surface area contributed by atoms with Crippen molar-refractivity contribution in [2.24, 2.45) is 0 Å². The van der Waals surface area contributed by atoms with E-state index >= 15 is 0 Å². The molecule has 0 fully saturated rings. The van der Waals surface area contributed by atoms with Gasteiger partial charge in [-0.3, -0.25) is 9.59 Å². The first kappa shape index (κ1) is 23.3. The van der Waals surface area contributed by atoms with E-state index < -0.39 is 0 Å². The van der Waals surface area contributed by atoms with Crippen LogP contribution in [0.5, 0.6) is 5.75 Å². The SMILES string of the molecule is COc1ccccc1NC(=O)Cn1c(SCC(=O)N(C)c2ccc(F)cc2)nc2ccccc21. The number of rotatable bonds is 8. The van der Waals surface area contributed by atoms with Crippen LogP contribution in [0.1, 0.15) is 0 Å². The predicted molar refractivity (Wildman–Crippen MR) is 132 cm³/mol. The molecule has 34 heavy (non-hydrogen) atoms. The number of carbonyl (C=O) groups excluding carboxylic acids is 2. The molecule has 7 nitrogen and oxygen atoms in total. The van der Waals surface area contributed by atoms with E-state index in [0.29, 0.717) is 22.3 Å². The number of hydrogen-bond acceptors (Lipinski definition) is 5. The lowest BCUT2D eigenvalue weighted by atomic mass is 10.3. The van der Waals surface area contributed by atoms with E-state index in [-0.39, 0.29) is 29.9 Å². The van der Waals surface area contributed by atoms with Crippen LogP contribution in [0.3, 0.4) is 0 Å². The normalized spacial score (nSPS) is 10.8. The second kappa shape index (κ2) is 10.4. The number of ether oxygens (including phenoxy) is 1. The molecule has 4 rings (SSSR count). The van der Waals surface area contributed by atoms with E-state index in [1.54, 1.807) is 43.0 Å². The van der Waals surface area contributed by atoms with Gasteiger partial charge in [-0.25, -0.2) is 9.37 Å². The maximum atomic E-state index is 13.2. The maximum Gasteiger partial charge on any atom is 0.244 e. The van der Waals surface area contributed by atoms with Crippen molar-refractivity contribution in [3.8, 4) is 5.75 Å². The Morgan fingerprint density at radius 2 is 1.76 bits per heavy atom. The summed E-state index contributed by atoms with van der Waals surface area (Å²) in [5.74, 6) is -0.113. The van der Waals surface area contributed by atoms with Gasteiger partial charge in [0.05, 0.1) is 29.6 Å². The number of aromatic nitrogens is 2. The number of imidazole rings is 1. The van der Waals surface area contributed by atoms with E-state index in [4.69, 9.17) is 4.74 Å². The minimum absolute atomic E-state index is 0.0168. The molecule has 0 saturated heterocycles. The third-order valence-electron chi connectivity index (χ3n) is 5.22. The first-order valence-electron chi connectivity index (χ1n) is 10.5. The summed E-state index contributed by atoms with van der Waals surface area (Å²) in [5, 5.41) is 3.43. The molecule has 0 spiro atoms. The van der Waals surface area contributed by atoms with Crippen molar-refractivity contribution in [2.75, 3.05) is 30.1 Å². The molecular formula is C25H23FN4O3S. The highest BCUT2D eigenvalue weighted by molar-refractivity contribution is 7.99. The van der Waals surface area contributed by atoms with E-state index in [1.165, 1.54) is 28.8 Å². The van der Waals surface area contributed by atoms with E-state index in [1.807, 2.05) is 36.4 Å². The third-order valence-corrected chi connectivity index (χ3v) is 6.18. The highest BCUT2D eigenvalue weighted by atomic mass is 32.2. The Balaban J connectivity index is 1.51. The number of nitrogens with zero attached hydrogens (tertiary/aromatic N) is 3. The molecule has 0 radical (unpaired) electrons. The fourth-order valence-corrected chi connectivity index (χ4v) is 4.36. The molecule has 0 saturated carbocycles. The summed E-state index contributed by atoms with van der Waals surface area (Å²) < 4.78 is 20.3. The van der Waals surface area contributed by atoms with Crippen LogP contribution in [0.2, 0.25) is 0 Å². The number of thioether (sulfide) groups is 1. The van der Waals surface area contributed by atoms with Crippen LogP contribution in [0.15, 0.2) is 78.0 Å². The van der Waals surface area contributed by atoms with Gasteiger partial charge in [-0.2, -0.15) is 0 Å². The molecule has 0 aliphatic heterocycles. The molecule has 0 bridgehead atoms. The molecule has 4 aromatic rings. The summed E-state index contributed by atoms with van der Waals surface area (Å²) in [4.78, 5) is 31.7. The van der Waals surface area contributed by atoms with Gasteiger partial charge in [-0.1, -0.05) is 36.0 Å². The average molecular weight is 479 g/mol. The Bertz CT molecular complexity index is 1320. The lowest BCUT2D eigenvalue weighted by molar-refractivity contribution is -0.117. The third kappa shape index (κ3) is 5.20. The molecule has 0 aliphatic rings. The summed E-state index contributed by atoms with van der Waals surface area (Å²) in [6, 6.07) is 20.4. The lowest BCUT2D eigenvalue weighted by Gasteiger charge is -2.17. The van der Waals surface area contributed by atoms with Gasteiger partial charge in [0.2, 0.25) is 11.8 Å². The zero-order chi connectivity index (χ0) is 24.1. The van der Waals surface area contributed by atoms with Gasteiger partial charge < -0.3 is 19.5 Å². The largest absolute Gasteiger partial charge is 0.495 e. The molecule has 9 heteroatoms. The fourth-order valence-electron chi connectivity index (χ4n) is 3.43. The minimum Gasteiger partial charge on any atom is -0.495 e. The zero-order valence-electron chi connectivity index (χ0n) is 18.7. The number of hydrogen-bond donors (Lipinski definition) is 1. The number of para-hydroxylation sites is 4. The van der Waals surface area contributed by atoms with Gasteiger partial charge in [0, 0.05) is 12.7 Å². The van der Waals surface area contributed by atoms with Crippen LogP contribution in [0.4, 0.5) is 15.8 Å². The van der Waals surface area contributed by atoms with Crippen molar-refractivity contribution >= 4 is 46.0 Å². The average Bonchev–Trinajstić information content (AvgIpc) is 3.20. The van der Waals surface area contributed by atoms with E-state index in [2.05, 4.69) is 10.3 Å². The number of amides is 2. The lowest BCUT2D eigenvalue weighted by Crippen LogP contribution is -2.28. The first-order valence-corrected chi connectivity index (χ1v) is 11.5. The van der Waals surface area contributed by atoms with Gasteiger partial charge in [-0.15, -0.1) is 0 Å². The molecule has 0 unspecified atom stereocenters. The topological polar surface area (TPSA) is 76.5 Å². The van der Waals surface area contributed by atoms with E-state index in [9.17, 15) is 14.0 Å². The fraction of sp³-hybridized carbons (Fsp3) is 0.160. The zero-order valence-corrected chi connectivity index (χ0v) is 19.5. The first-order chi connectivity index (χ1) is 16.5. The summed E-state index contributed by atoms with van der Waals surface area (Å²) in [6.07, 6.45) is 0. The number of fused-ring (bicyclic) bond motifs is 1. The molecule has 2 amide bonds. The molecule has 0 aliphatic carbocycles. The highest BCUT2D eigenvalue weighted by Gasteiger charge is 2.18. The van der Waals surface area contributed by atoms with Crippen molar-refractivity contribution in [3.05, 3.63) is 78.6 Å². The van der Waals surface area contributed by atoms with Crippen molar-refractivity contribution in [2.45, 2.75) is 11.7 Å². The molecular weight excluding hydrogens is 455 g/mol. The Labute approximate surface area is 200 Å². The van der Waals surface area contributed by atoms with Crippen LogP contribution in [-0.4, -0.2) is 41.3 Å². The number of benzene rings is 3. The Morgan fingerprint density at radius 1 is 1.06 bits per heavy atom. The number of carbonyl (C=O) groups is 2. The van der Waals surface area contributed by atoms with Crippen LogP contribution in [0, 0.1) is 5.82 Å². The van der Waals surface area contributed by atoms with Crippen LogP contribution in [-0.2, 0) is 16.1 Å². The number of halogens is 1. The smallest absolute Gasteiger partial charge is 0.244 e. The van der Waals surface area contributed by atoms with Crippen LogP contribution < -0.4 is 15.0 Å². The summed E-state index contributed by atoms with van der Waals surface area (Å²) >= 11 is 1.24. The second-order valence-corrected chi connectivity index (χ2v) is 8.38. The maximum absolute atomic E-state index is 13.2. The molecule has 174 valence electrons. The quantitative estimate of drug-likeness (QED) is 0.375. The molecule has 1 heterocycles. The molecule has 3 aromatic carbocycles.